The van der Waals surface area contributed by atoms with Gasteiger partial charge >= 0.3 is 0 Å². The Hall–Kier alpha value is -1.39. The van der Waals surface area contributed by atoms with Crippen molar-refractivity contribution in [2.24, 2.45) is 11.7 Å². The third-order valence-corrected chi connectivity index (χ3v) is 2.25. The second-order valence-electron chi connectivity index (χ2n) is 3.44. The summed E-state index contributed by atoms with van der Waals surface area (Å²) >= 11 is 0. The zero-order chi connectivity index (χ0) is 11.3. The van der Waals surface area contributed by atoms with Gasteiger partial charge < -0.3 is 16.2 Å². The lowest BCUT2D eigenvalue weighted by atomic mass is 10.1. The number of nitrogens with one attached hydrogen (secondary N) is 1. The lowest BCUT2D eigenvalue weighted by molar-refractivity contribution is -0.119. The third kappa shape index (κ3) is 3.04. The molecule has 4 N–H and O–H groups in total. The minimum Gasteiger partial charge on any atom is -0.392 e. The van der Waals surface area contributed by atoms with Crippen LogP contribution >= 0.6 is 0 Å². The summed E-state index contributed by atoms with van der Waals surface area (Å²) in [5.41, 5.74) is 6.73. The van der Waals surface area contributed by atoms with Crippen LogP contribution in [0.25, 0.3) is 0 Å². The SMILES string of the molecule is CC(CN)C(=O)Nc1ccccc1CO. The highest BCUT2D eigenvalue weighted by Crippen LogP contribution is 2.15. The van der Waals surface area contributed by atoms with Crippen molar-refractivity contribution in [2.75, 3.05) is 11.9 Å². The Balaban J connectivity index is 2.76. The van der Waals surface area contributed by atoms with Gasteiger partial charge in [0.2, 0.25) is 5.91 Å². The van der Waals surface area contributed by atoms with Gasteiger partial charge in [-0.05, 0) is 6.07 Å². The fourth-order valence-corrected chi connectivity index (χ4v) is 1.14. The van der Waals surface area contributed by atoms with Crippen molar-refractivity contribution in [1.29, 1.82) is 0 Å². The molecule has 1 rings (SSSR count). The van der Waals surface area contributed by atoms with Crippen LogP contribution in [-0.2, 0) is 11.4 Å². The van der Waals surface area contributed by atoms with Crippen LogP contribution in [-0.4, -0.2) is 17.6 Å². The maximum Gasteiger partial charge on any atom is 0.228 e. The number of carbonyl (C=O) groups is 1. The molecule has 0 bridgehead atoms. The van der Waals surface area contributed by atoms with Crippen LogP contribution in [0.1, 0.15) is 12.5 Å². The summed E-state index contributed by atoms with van der Waals surface area (Å²) in [5, 5.41) is 11.8. The zero-order valence-electron chi connectivity index (χ0n) is 8.73. The first kappa shape index (κ1) is 11.7. The fourth-order valence-electron chi connectivity index (χ4n) is 1.14. The molecule has 0 heterocycles. The minimum absolute atomic E-state index is 0.0898. The Kier molecular flexibility index (Phi) is 4.27. The van der Waals surface area contributed by atoms with E-state index in [-0.39, 0.29) is 18.4 Å². The van der Waals surface area contributed by atoms with E-state index in [2.05, 4.69) is 5.32 Å². The molecular weight excluding hydrogens is 192 g/mol. The Labute approximate surface area is 89.1 Å². The predicted molar refractivity (Wildman–Crippen MR) is 59.2 cm³/mol. The standard InChI is InChI=1S/C11H16N2O2/c1-8(6-12)11(15)13-10-5-3-2-4-9(10)7-14/h2-5,8,14H,6-7,12H2,1H3,(H,13,15). The molecule has 1 unspecified atom stereocenters. The molecule has 82 valence electrons. The Morgan fingerprint density at radius 3 is 2.80 bits per heavy atom. The number of nitrogens with two attached hydrogens (primary N) is 1. The molecule has 1 aromatic rings. The van der Waals surface area contributed by atoms with Gasteiger partial charge in [-0.2, -0.15) is 0 Å². The zero-order valence-corrected chi connectivity index (χ0v) is 8.73. The average Bonchev–Trinajstić information content (AvgIpc) is 2.28. The summed E-state index contributed by atoms with van der Waals surface area (Å²) in [6, 6.07) is 7.14. The van der Waals surface area contributed by atoms with Gasteiger partial charge in [-0.1, -0.05) is 25.1 Å². The Bertz CT molecular complexity index is 339. The number of carbonyl (C=O) groups excluding carboxylic acids is 1. The molecule has 0 spiro atoms. The van der Waals surface area contributed by atoms with Crippen molar-refractivity contribution in [3.8, 4) is 0 Å². The van der Waals surface area contributed by atoms with Crippen LogP contribution in [0.15, 0.2) is 24.3 Å². The molecule has 0 radical (unpaired) electrons. The van der Waals surface area contributed by atoms with E-state index in [1.54, 1.807) is 19.1 Å². The molecule has 1 amide bonds. The minimum atomic E-state index is -0.225. The normalized spacial score (nSPS) is 12.2. The maximum absolute atomic E-state index is 11.5. The van der Waals surface area contributed by atoms with Crippen molar-refractivity contribution in [2.45, 2.75) is 13.5 Å². The van der Waals surface area contributed by atoms with Crippen LogP contribution < -0.4 is 11.1 Å². The number of para-hydroxylation sites is 1. The molecular formula is C11H16N2O2. The third-order valence-electron chi connectivity index (χ3n) is 2.25. The lowest BCUT2D eigenvalue weighted by Crippen LogP contribution is -2.27. The van der Waals surface area contributed by atoms with Gasteiger partial charge in [0.15, 0.2) is 0 Å². The molecule has 0 saturated heterocycles. The monoisotopic (exact) mass is 208 g/mol. The van der Waals surface area contributed by atoms with Gasteiger partial charge in [-0.25, -0.2) is 0 Å². The fraction of sp³-hybridized carbons (Fsp3) is 0.364. The van der Waals surface area contributed by atoms with Gasteiger partial charge in [-0.3, -0.25) is 4.79 Å². The van der Waals surface area contributed by atoms with E-state index >= 15 is 0 Å². The summed E-state index contributed by atoms with van der Waals surface area (Å²) in [4.78, 5) is 11.5. The molecule has 0 fully saturated rings. The van der Waals surface area contributed by atoms with Crippen LogP contribution in [0.2, 0.25) is 0 Å². The maximum atomic E-state index is 11.5. The number of benzene rings is 1. The second-order valence-corrected chi connectivity index (χ2v) is 3.44. The molecule has 0 saturated carbocycles. The van der Waals surface area contributed by atoms with Crippen molar-refractivity contribution < 1.29 is 9.90 Å². The van der Waals surface area contributed by atoms with Crippen molar-refractivity contribution >= 4 is 11.6 Å². The van der Waals surface area contributed by atoms with Gasteiger partial charge in [0.25, 0.3) is 0 Å². The van der Waals surface area contributed by atoms with E-state index in [0.717, 1.165) is 0 Å². The summed E-state index contributed by atoms with van der Waals surface area (Å²) in [6.07, 6.45) is 0. The molecule has 1 aromatic carbocycles. The van der Waals surface area contributed by atoms with E-state index in [1.807, 2.05) is 12.1 Å². The smallest absolute Gasteiger partial charge is 0.228 e. The number of hydrogen-bond donors (Lipinski definition) is 3. The molecule has 0 aliphatic rings. The molecule has 4 heteroatoms. The molecule has 0 aliphatic carbocycles. The van der Waals surface area contributed by atoms with Gasteiger partial charge in [0.05, 0.1) is 6.61 Å². The van der Waals surface area contributed by atoms with Crippen molar-refractivity contribution in [3.05, 3.63) is 29.8 Å². The number of aliphatic hydroxyl groups excluding tert-OH is 1. The van der Waals surface area contributed by atoms with E-state index in [0.29, 0.717) is 17.8 Å². The van der Waals surface area contributed by atoms with Crippen LogP contribution in [0.4, 0.5) is 5.69 Å². The summed E-state index contributed by atoms with van der Waals surface area (Å²) in [5.74, 6) is -0.352. The molecule has 4 nitrogen and oxygen atoms in total. The molecule has 15 heavy (non-hydrogen) atoms. The largest absolute Gasteiger partial charge is 0.392 e. The summed E-state index contributed by atoms with van der Waals surface area (Å²) < 4.78 is 0. The van der Waals surface area contributed by atoms with E-state index in [9.17, 15) is 4.79 Å². The predicted octanol–water partition coefficient (Wildman–Crippen LogP) is 0.712. The molecule has 0 aliphatic heterocycles. The van der Waals surface area contributed by atoms with Gasteiger partial charge in [0.1, 0.15) is 0 Å². The first-order valence-electron chi connectivity index (χ1n) is 4.88. The number of amides is 1. The first-order chi connectivity index (χ1) is 7.19. The van der Waals surface area contributed by atoms with Crippen molar-refractivity contribution in [1.82, 2.24) is 0 Å². The number of rotatable bonds is 4. The molecule has 1 atom stereocenters. The van der Waals surface area contributed by atoms with Crippen LogP contribution in [0, 0.1) is 5.92 Å². The highest BCUT2D eigenvalue weighted by molar-refractivity contribution is 5.93. The van der Waals surface area contributed by atoms with Gasteiger partial charge in [-0.15, -0.1) is 0 Å². The van der Waals surface area contributed by atoms with E-state index in [4.69, 9.17) is 10.8 Å². The topological polar surface area (TPSA) is 75.4 Å². The number of anilines is 1. The molecule has 0 aromatic heterocycles. The summed E-state index contributed by atoms with van der Waals surface area (Å²) in [6.45, 7) is 1.98. The van der Waals surface area contributed by atoms with Crippen LogP contribution in [0.3, 0.4) is 0 Å². The van der Waals surface area contributed by atoms with E-state index < -0.39 is 0 Å². The van der Waals surface area contributed by atoms with Crippen molar-refractivity contribution in [3.63, 3.8) is 0 Å². The van der Waals surface area contributed by atoms with Crippen LogP contribution in [0.5, 0.6) is 0 Å². The highest BCUT2D eigenvalue weighted by atomic mass is 16.3. The number of aliphatic hydroxyl groups is 1. The lowest BCUT2D eigenvalue weighted by Gasteiger charge is -2.12. The number of hydrogen-bond acceptors (Lipinski definition) is 3. The highest BCUT2D eigenvalue weighted by Gasteiger charge is 2.11. The second kappa shape index (κ2) is 5.48. The van der Waals surface area contributed by atoms with E-state index in [1.165, 1.54) is 0 Å². The quantitative estimate of drug-likeness (QED) is 0.682. The Morgan fingerprint density at radius 1 is 1.53 bits per heavy atom. The van der Waals surface area contributed by atoms with Gasteiger partial charge in [0, 0.05) is 23.7 Å². The average molecular weight is 208 g/mol. The summed E-state index contributed by atoms with van der Waals surface area (Å²) in [7, 11) is 0. The Morgan fingerprint density at radius 2 is 2.20 bits per heavy atom. The first-order valence-corrected chi connectivity index (χ1v) is 4.88.